The van der Waals surface area contributed by atoms with Crippen LogP contribution in [0.15, 0.2) is 45.0 Å². The molecule has 1 N–H and O–H groups in total. The number of methoxy groups -OCH3 is 2. The topological polar surface area (TPSA) is 77.0 Å². The summed E-state index contributed by atoms with van der Waals surface area (Å²) in [7, 11) is 2.70. The normalized spacial score (nSPS) is 21.1. The number of thiophene rings is 1. The summed E-state index contributed by atoms with van der Waals surface area (Å²) < 4.78 is 10.1. The second-order valence-electron chi connectivity index (χ2n) is 7.35. The van der Waals surface area contributed by atoms with Crippen molar-refractivity contribution in [3.05, 3.63) is 44.9 Å². The van der Waals surface area contributed by atoms with Gasteiger partial charge in [0.25, 0.3) is 0 Å². The Balaban J connectivity index is 2.05. The molecule has 1 aliphatic heterocycles. The highest BCUT2D eigenvalue weighted by atomic mass is 32.1. The minimum atomic E-state index is -0.549. The molecular weight excluding hydrogens is 388 g/mol. The van der Waals surface area contributed by atoms with Crippen LogP contribution < -0.4 is 5.32 Å². The van der Waals surface area contributed by atoms with Crippen molar-refractivity contribution in [1.82, 2.24) is 5.32 Å². The fourth-order valence-corrected chi connectivity index (χ4v) is 4.84. The smallest absolute Gasteiger partial charge is 0.336 e. The number of ether oxygens (including phenoxy) is 2. The Morgan fingerprint density at radius 3 is 2.34 bits per heavy atom. The first-order chi connectivity index (χ1) is 14.1. The molecule has 3 rings (SSSR count). The Labute approximate surface area is 175 Å². The SMILES string of the molecule is COC(=O)C1=C(C)NC(C=NC2CCCCCC2)=C(C(=O)OC)C1c1cccs1. The lowest BCUT2D eigenvalue weighted by Gasteiger charge is -2.29. The van der Waals surface area contributed by atoms with Gasteiger partial charge in [-0.15, -0.1) is 11.3 Å². The predicted octanol–water partition coefficient (Wildman–Crippen LogP) is 4.10. The number of aliphatic imine (C=N–C) groups is 1. The maximum absolute atomic E-state index is 12.8. The summed E-state index contributed by atoms with van der Waals surface area (Å²) >= 11 is 1.49. The van der Waals surface area contributed by atoms with Gasteiger partial charge in [-0.3, -0.25) is 4.99 Å². The summed E-state index contributed by atoms with van der Waals surface area (Å²) in [4.78, 5) is 31.0. The van der Waals surface area contributed by atoms with E-state index in [1.807, 2.05) is 24.4 Å². The van der Waals surface area contributed by atoms with E-state index >= 15 is 0 Å². The summed E-state index contributed by atoms with van der Waals surface area (Å²) in [5.41, 5.74) is 2.05. The molecule has 6 nitrogen and oxygen atoms in total. The number of dihydropyridines is 1. The van der Waals surface area contributed by atoms with Crippen molar-refractivity contribution in [2.45, 2.75) is 57.4 Å². The van der Waals surface area contributed by atoms with Crippen molar-refractivity contribution in [2.75, 3.05) is 14.2 Å². The third kappa shape index (κ3) is 4.78. The molecule has 0 amide bonds. The first kappa shape index (κ1) is 21.3. The minimum Gasteiger partial charge on any atom is -0.466 e. The van der Waals surface area contributed by atoms with Crippen molar-refractivity contribution in [3.63, 3.8) is 0 Å². The van der Waals surface area contributed by atoms with Crippen LogP contribution in [0.25, 0.3) is 0 Å². The molecule has 0 spiro atoms. The zero-order chi connectivity index (χ0) is 20.8. The van der Waals surface area contributed by atoms with Crippen LogP contribution in [-0.4, -0.2) is 38.4 Å². The quantitative estimate of drug-likeness (QED) is 0.444. The summed E-state index contributed by atoms with van der Waals surface area (Å²) in [6.45, 7) is 1.82. The number of hydrogen-bond acceptors (Lipinski definition) is 7. The van der Waals surface area contributed by atoms with E-state index in [4.69, 9.17) is 14.5 Å². The van der Waals surface area contributed by atoms with Gasteiger partial charge in [0, 0.05) is 16.8 Å². The molecule has 29 heavy (non-hydrogen) atoms. The molecule has 1 aliphatic carbocycles. The van der Waals surface area contributed by atoms with E-state index in [1.165, 1.54) is 51.2 Å². The molecule has 7 heteroatoms. The molecule has 1 unspecified atom stereocenters. The molecule has 1 atom stereocenters. The maximum atomic E-state index is 12.8. The van der Waals surface area contributed by atoms with Crippen molar-refractivity contribution in [3.8, 4) is 0 Å². The van der Waals surface area contributed by atoms with Crippen molar-refractivity contribution in [2.24, 2.45) is 4.99 Å². The van der Waals surface area contributed by atoms with Gasteiger partial charge < -0.3 is 14.8 Å². The third-order valence-electron chi connectivity index (χ3n) is 5.47. The number of esters is 2. The molecule has 0 radical (unpaired) electrons. The van der Waals surface area contributed by atoms with Gasteiger partial charge >= 0.3 is 11.9 Å². The van der Waals surface area contributed by atoms with Crippen molar-refractivity contribution in [1.29, 1.82) is 0 Å². The largest absolute Gasteiger partial charge is 0.466 e. The lowest BCUT2D eigenvalue weighted by atomic mass is 9.84. The van der Waals surface area contributed by atoms with Gasteiger partial charge in [0.15, 0.2) is 0 Å². The second kappa shape index (κ2) is 9.87. The number of nitrogens with one attached hydrogen (secondary N) is 1. The molecule has 156 valence electrons. The van der Waals surface area contributed by atoms with Crippen LogP contribution in [-0.2, 0) is 19.1 Å². The molecule has 1 aromatic heterocycles. The van der Waals surface area contributed by atoms with Gasteiger partial charge in [-0.05, 0) is 31.2 Å². The van der Waals surface area contributed by atoms with E-state index in [0.29, 0.717) is 22.5 Å². The van der Waals surface area contributed by atoms with Gasteiger partial charge in [0.05, 0.1) is 43.0 Å². The van der Waals surface area contributed by atoms with Crippen LogP contribution in [0, 0.1) is 0 Å². The fourth-order valence-electron chi connectivity index (χ4n) is 4.00. The van der Waals surface area contributed by atoms with Crippen LogP contribution in [0.3, 0.4) is 0 Å². The average Bonchev–Trinajstić information content (AvgIpc) is 3.14. The summed E-state index contributed by atoms with van der Waals surface area (Å²) in [6.07, 6.45) is 8.75. The predicted molar refractivity (Wildman–Crippen MR) is 114 cm³/mol. The summed E-state index contributed by atoms with van der Waals surface area (Å²) in [6, 6.07) is 4.08. The van der Waals surface area contributed by atoms with Gasteiger partial charge in [0.2, 0.25) is 0 Å². The second-order valence-corrected chi connectivity index (χ2v) is 8.33. The molecule has 2 heterocycles. The number of allylic oxidation sites excluding steroid dienone is 2. The highest BCUT2D eigenvalue weighted by Gasteiger charge is 2.38. The monoisotopic (exact) mass is 416 g/mol. The standard InChI is InChI=1S/C22H28N2O4S/c1-14-18(21(25)27-2)20(17-11-8-12-29-17)19(22(26)28-3)16(24-14)13-23-15-9-6-4-5-7-10-15/h8,11-13,15,20,24H,4-7,9-10H2,1-3H3. The van der Waals surface area contributed by atoms with Gasteiger partial charge in [-0.2, -0.15) is 0 Å². The van der Waals surface area contributed by atoms with E-state index in [0.717, 1.165) is 17.7 Å². The van der Waals surface area contributed by atoms with Gasteiger partial charge in [0.1, 0.15) is 0 Å². The van der Waals surface area contributed by atoms with Crippen LogP contribution >= 0.6 is 11.3 Å². The number of rotatable bonds is 5. The van der Waals surface area contributed by atoms with Gasteiger partial charge in [-0.1, -0.05) is 31.7 Å². The van der Waals surface area contributed by atoms with E-state index < -0.39 is 17.9 Å². The molecule has 0 bridgehead atoms. The molecule has 2 aliphatic rings. The van der Waals surface area contributed by atoms with Crippen molar-refractivity contribution >= 4 is 29.5 Å². The lowest BCUT2D eigenvalue weighted by Crippen LogP contribution is -2.33. The zero-order valence-corrected chi connectivity index (χ0v) is 18.0. The summed E-state index contributed by atoms with van der Waals surface area (Å²) in [5, 5.41) is 5.13. The van der Waals surface area contributed by atoms with E-state index in [1.54, 1.807) is 6.21 Å². The lowest BCUT2D eigenvalue weighted by molar-refractivity contribution is -0.137. The van der Waals surface area contributed by atoms with E-state index in [2.05, 4.69) is 5.32 Å². The number of carbonyl (C=O) groups excluding carboxylic acids is 2. The van der Waals surface area contributed by atoms with Crippen LogP contribution in [0.5, 0.6) is 0 Å². The number of nitrogens with zero attached hydrogens (tertiary/aromatic N) is 1. The molecular formula is C22H28N2O4S. The first-order valence-corrected chi connectivity index (χ1v) is 10.9. The first-order valence-electron chi connectivity index (χ1n) is 10.0. The molecule has 1 saturated carbocycles. The molecule has 1 fully saturated rings. The minimum absolute atomic E-state index is 0.261. The Bertz CT molecular complexity index is 831. The zero-order valence-electron chi connectivity index (χ0n) is 17.2. The average molecular weight is 417 g/mol. The number of carbonyl (C=O) groups is 2. The Morgan fingerprint density at radius 2 is 1.76 bits per heavy atom. The fraction of sp³-hybridized carbons (Fsp3) is 0.500. The number of hydrogen-bond donors (Lipinski definition) is 1. The highest BCUT2D eigenvalue weighted by Crippen LogP contribution is 2.40. The molecule has 0 aromatic carbocycles. The van der Waals surface area contributed by atoms with Crippen molar-refractivity contribution < 1.29 is 19.1 Å². The van der Waals surface area contributed by atoms with E-state index in [9.17, 15) is 9.59 Å². The Kier molecular flexibility index (Phi) is 7.25. The van der Waals surface area contributed by atoms with Gasteiger partial charge in [-0.25, -0.2) is 9.59 Å². The van der Waals surface area contributed by atoms with E-state index in [-0.39, 0.29) is 6.04 Å². The maximum Gasteiger partial charge on any atom is 0.336 e. The molecule has 1 aromatic rings. The van der Waals surface area contributed by atoms with Crippen LogP contribution in [0.1, 0.15) is 56.2 Å². The molecule has 0 saturated heterocycles. The highest BCUT2D eigenvalue weighted by molar-refractivity contribution is 7.10. The van der Waals surface area contributed by atoms with Crippen LogP contribution in [0.2, 0.25) is 0 Å². The Morgan fingerprint density at radius 1 is 1.10 bits per heavy atom. The van der Waals surface area contributed by atoms with Crippen LogP contribution in [0.4, 0.5) is 0 Å². The third-order valence-corrected chi connectivity index (χ3v) is 6.41. The summed E-state index contributed by atoms with van der Waals surface area (Å²) in [5.74, 6) is -1.49. The Hall–Kier alpha value is -2.41.